The minimum atomic E-state index is -0.366. The summed E-state index contributed by atoms with van der Waals surface area (Å²) in [5.41, 5.74) is 1.09. The maximum absolute atomic E-state index is 11.5. The Balaban J connectivity index is 0.000000191. The molecule has 0 N–H and O–H groups in total. The molecule has 34 heavy (non-hydrogen) atoms. The van der Waals surface area contributed by atoms with E-state index in [9.17, 15) is 19.2 Å². The molecule has 0 saturated heterocycles. The van der Waals surface area contributed by atoms with Gasteiger partial charge < -0.3 is 18.3 Å². The smallest absolute Gasteiger partial charge is 0.227 e. The SMILES string of the molecule is O=Cc1occc(=O)c1OCc1ccccc1.O=Cc1occc(=O)c1OCc1ccccc1. The van der Waals surface area contributed by atoms with Crippen molar-refractivity contribution in [2.45, 2.75) is 13.2 Å². The van der Waals surface area contributed by atoms with Crippen molar-refractivity contribution in [3.05, 3.63) is 128 Å². The molecule has 0 aliphatic heterocycles. The minimum absolute atomic E-state index is 0.0497. The van der Waals surface area contributed by atoms with Gasteiger partial charge in [-0.3, -0.25) is 19.2 Å². The molecule has 0 aliphatic rings. The van der Waals surface area contributed by atoms with Crippen molar-refractivity contribution < 1.29 is 27.9 Å². The van der Waals surface area contributed by atoms with Crippen LogP contribution in [0.4, 0.5) is 0 Å². The number of hydrogen-bond donors (Lipinski definition) is 0. The second-order valence-electron chi connectivity index (χ2n) is 6.74. The summed E-state index contributed by atoms with van der Waals surface area (Å²) >= 11 is 0. The summed E-state index contributed by atoms with van der Waals surface area (Å²) in [7, 11) is 0. The monoisotopic (exact) mass is 460 g/mol. The average Bonchev–Trinajstić information content (AvgIpc) is 2.88. The molecular formula is C26H20O8. The zero-order valence-electron chi connectivity index (χ0n) is 17.9. The quantitative estimate of drug-likeness (QED) is 0.362. The number of carbonyl (C=O) groups is 2. The van der Waals surface area contributed by atoms with Gasteiger partial charge in [-0.25, -0.2) is 0 Å². The molecular weight excluding hydrogens is 440 g/mol. The van der Waals surface area contributed by atoms with E-state index in [1.54, 1.807) is 0 Å². The molecule has 0 atom stereocenters. The Morgan fingerprint density at radius 2 is 0.971 bits per heavy atom. The molecule has 172 valence electrons. The number of aldehydes is 2. The Hall–Kier alpha value is -4.72. The Morgan fingerprint density at radius 3 is 1.32 bits per heavy atom. The summed E-state index contributed by atoms with van der Waals surface area (Å²) in [5.74, 6) is -0.278. The van der Waals surface area contributed by atoms with Crippen LogP contribution in [0.25, 0.3) is 0 Å². The van der Waals surface area contributed by atoms with Crippen molar-refractivity contribution in [2.75, 3.05) is 0 Å². The Bertz CT molecular complexity index is 1220. The second kappa shape index (κ2) is 12.4. The van der Waals surface area contributed by atoms with Gasteiger partial charge in [-0.2, -0.15) is 0 Å². The van der Waals surface area contributed by atoms with E-state index in [2.05, 4.69) is 0 Å². The Morgan fingerprint density at radius 1 is 0.588 bits per heavy atom. The molecule has 0 unspecified atom stereocenters. The number of benzene rings is 2. The van der Waals surface area contributed by atoms with Crippen LogP contribution in [0.15, 0.2) is 104 Å². The van der Waals surface area contributed by atoms with E-state index in [1.807, 2.05) is 60.7 Å². The highest BCUT2D eigenvalue weighted by molar-refractivity contribution is 5.75. The molecule has 8 nitrogen and oxygen atoms in total. The molecule has 0 radical (unpaired) electrons. The Kier molecular flexibility index (Phi) is 8.69. The molecule has 4 aromatic rings. The van der Waals surface area contributed by atoms with Crippen LogP contribution in [-0.2, 0) is 13.2 Å². The topological polar surface area (TPSA) is 113 Å². The zero-order chi connectivity index (χ0) is 24.2. The summed E-state index contributed by atoms with van der Waals surface area (Å²) < 4.78 is 20.4. The number of rotatable bonds is 8. The number of hydrogen-bond acceptors (Lipinski definition) is 8. The van der Waals surface area contributed by atoms with Crippen LogP contribution >= 0.6 is 0 Å². The standard InChI is InChI=1S/2C13H10O4/c2*14-8-12-13(11(15)6-7-16-12)17-9-10-4-2-1-3-5-10/h2*1-8H,9H2. The van der Waals surface area contributed by atoms with Gasteiger partial charge in [-0.15, -0.1) is 0 Å². The van der Waals surface area contributed by atoms with E-state index in [4.69, 9.17) is 18.3 Å². The molecule has 0 saturated carbocycles. The van der Waals surface area contributed by atoms with Crippen LogP contribution in [0.5, 0.6) is 11.5 Å². The van der Waals surface area contributed by atoms with Crippen molar-refractivity contribution in [3.8, 4) is 11.5 Å². The van der Waals surface area contributed by atoms with Crippen molar-refractivity contribution in [3.63, 3.8) is 0 Å². The van der Waals surface area contributed by atoms with Crippen LogP contribution < -0.4 is 20.3 Å². The summed E-state index contributed by atoms with van der Waals surface area (Å²) in [6.45, 7) is 0.437. The lowest BCUT2D eigenvalue weighted by atomic mass is 10.2. The molecule has 2 heterocycles. The van der Waals surface area contributed by atoms with E-state index >= 15 is 0 Å². The first kappa shape index (κ1) is 23.9. The minimum Gasteiger partial charge on any atom is -0.481 e. The second-order valence-corrected chi connectivity index (χ2v) is 6.74. The van der Waals surface area contributed by atoms with E-state index in [0.29, 0.717) is 12.6 Å². The third kappa shape index (κ3) is 6.64. The first-order valence-corrected chi connectivity index (χ1v) is 10.1. The van der Waals surface area contributed by atoms with Crippen molar-refractivity contribution in [2.24, 2.45) is 0 Å². The third-order valence-corrected chi connectivity index (χ3v) is 4.39. The van der Waals surface area contributed by atoms with Crippen LogP contribution in [0.3, 0.4) is 0 Å². The predicted octanol–water partition coefficient (Wildman–Crippen LogP) is 4.06. The molecule has 0 amide bonds. The van der Waals surface area contributed by atoms with E-state index < -0.39 is 0 Å². The molecule has 0 fully saturated rings. The maximum atomic E-state index is 11.5. The van der Waals surface area contributed by atoms with E-state index in [1.165, 1.54) is 24.7 Å². The van der Waals surface area contributed by atoms with Gasteiger partial charge in [0.15, 0.2) is 12.6 Å². The molecule has 2 aromatic carbocycles. The molecule has 0 aliphatic carbocycles. The highest BCUT2D eigenvalue weighted by Gasteiger charge is 2.10. The van der Waals surface area contributed by atoms with Gasteiger partial charge in [-0.1, -0.05) is 60.7 Å². The summed E-state index contributed by atoms with van der Waals surface area (Å²) in [5, 5.41) is 0. The van der Waals surface area contributed by atoms with Gasteiger partial charge in [0.2, 0.25) is 33.9 Å². The highest BCUT2D eigenvalue weighted by atomic mass is 16.5. The number of carbonyl (C=O) groups excluding carboxylic acids is 2. The Labute approximate surface area is 194 Å². The summed E-state index contributed by atoms with van der Waals surface area (Å²) in [6, 6.07) is 21.1. The number of ether oxygens (including phenoxy) is 2. The van der Waals surface area contributed by atoms with Crippen molar-refractivity contribution in [1.29, 1.82) is 0 Å². The fourth-order valence-electron chi connectivity index (χ4n) is 2.75. The highest BCUT2D eigenvalue weighted by Crippen LogP contribution is 2.13. The average molecular weight is 460 g/mol. The van der Waals surface area contributed by atoms with Gasteiger partial charge in [0.05, 0.1) is 12.5 Å². The zero-order valence-corrected chi connectivity index (χ0v) is 17.9. The van der Waals surface area contributed by atoms with Crippen LogP contribution in [0.2, 0.25) is 0 Å². The van der Waals surface area contributed by atoms with Gasteiger partial charge in [0.25, 0.3) is 0 Å². The molecule has 8 heteroatoms. The lowest BCUT2D eigenvalue weighted by Gasteiger charge is -2.05. The van der Waals surface area contributed by atoms with Crippen LogP contribution in [0.1, 0.15) is 32.2 Å². The molecule has 4 rings (SSSR count). The van der Waals surface area contributed by atoms with Gasteiger partial charge >= 0.3 is 0 Å². The van der Waals surface area contributed by atoms with E-state index in [0.717, 1.165) is 11.1 Å². The first-order chi connectivity index (χ1) is 16.6. The molecule has 0 bridgehead atoms. The fourth-order valence-corrected chi connectivity index (χ4v) is 2.75. The summed E-state index contributed by atoms with van der Waals surface area (Å²) in [4.78, 5) is 44.3. The van der Waals surface area contributed by atoms with Gasteiger partial charge in [0.1, 0.15) is 13.2 Å². The fraction of sp³-hybridized carbons (Fsp3) is 0.0769. The molecule has 2 aromatic heterocycles. The van der Waals surface area contributed by atoms with Gasteiger partial charge in [-0.05, 0) is 11.1 Å². The maximum Gasteiger partial charge on any atom is 0.227 e. The predicted molar refractivity (Wildman–Crippen MR) is 122 cm³/mol. The third-order valence-electron chi connectivity index (χ3n) is 4.39. The lowest BCUT2D eigenvalue weighted by molar-refractivity contribution is 0.108. The van der Waals surface area contributed by atoms with Crippen LogP contribution in [-0.4, -0.2) is 12.6 Å². The van der Waals surface area contributed by atoms with Crippen molar-refractivity contribution >= 4 is 12.6 Å². The van der Waals surface area contributed by atoms with Crippen molar-refractivity contribution in [1.82, 2.24) is 0 Å². The van der Waals surface area contributed by atoms with Gasteiger partial charge in [0, 0.05) is 12.1 Å². The van der Waals surface area contributed by atoms with Crippen LogP contribution in [0, 0.1) is 0 Å². The first-order valence-electron chi connectivity index (χ1n) is 10.1. The largest absolute Gasteiger partial charge is 0.481 e. The lowest BCUT2D eigenvalue weighted by Crippen LogP contribution is -2.09. The van der Waals surface area contributed by atoms with E-state index in [-0.39, 0.29) is 47.1 Å². The molecule has 0 spiro atoms. The summed E-state index contributed by atoms with van der Waals surface area (Å²) in [6.07, 6.45) is 3.26. The normalized spacial score (nSPS) is 9.88.